The van der Waals surface area contributed by atoms with Gasteiger partial charge in [0.15, 0.2) is 0 Å². The van der Waals surface area contributed by atoms with Gasteiger partial charge < -0.3 is 15.7 Å². The molecule has 4 rings (SSSR count). The van der Waals surface area contributed by atoms with Crippen LogP contribution < -0.4 is 11.3 Å². The Balaban J connectivity index is 1.43. The SMILES string of the molecule is C[C@H](CC1CCCCC1)C(=O)N1CCC(O)(Cn2cnc(-c3cccc(CN)c3)cc2=O)C(C)(C)C1. The predicted molar refractivity (Wildman–Crippen MR) is 142 cm³/mol. The van der Waals surface area contributed by atoms with E-state index in [9.17, 15) is 14.7 Å². The van der Waals surface area contributed by atoms with Crippen molar-refractivity contribution in [3.8, 4) is 11.3 Å². The molecule has 196 valence electrons. The molecule has 0 spiro atoms. The van der Waals surface area contributed by atoms with E-state index in [2.05, 4.69) is 11.9 Å². The molecule has 3 N–H and O–H groups in total. The molecule has 2 aromatic rings. The van der Waals surface area contributed by atoms with Crippen LogP contribution >= 0.6 is 0 Å². The van der Waals surface area contributed by atoms with Gasteiger partial charge in [0.1, 0.15) is 0 Å². The van der Waals surface area contributed by atoms with Gasteiger partial charge >= 0.3 is 0 Å². The molecule has 1 unspecified atom stereocenters. The van der Waals surface area contributed by atoms with Crippen molar-refractivity contribution in [1.29, 1.82) is 0 Å². The molecule has 2 heterocycles. The van der Waals surface area contributed by atoms with Crippen molar-refractivity contribution in [1.82, 2.24) is 14.5 Å². The number of carbonyl (C=O) groups excluding carboxylic acids is 1. The molecule has 0 radical (unpaired) electrons. The molecule has 7 heteroatoms. The van der Waals surface area contributed by atoms with Crippen LogP contribution in [0.2, 0.25) is 0 Å². The second-order valence-electron chi connectivity index (χ2n) is 11.7. The van der Waals surface area contributed by atoms with Crippen LogP contribution in [0.1, 0.15) is 71.3 Å². The Bertz CT molecular complexity index is 1120. The summed E-state index contributed by atoms with van der Waals surface area (Å²) in [7, 11) is 0. The summed E-state index contributed by atoms with van der Waals surface area (Å²) in [6.45, 7) is 7.58. The van der Waals surface area contributed by atoms with Crippen LogP contribution in [0.5, 0.6) is 0 Å². The molecule has 0 bridgehead atoms. The van der Waals surface area contributed by atoms with Crippen molar-refractivity contribution in [2.45, 2.75) is 84.4 Å². The number of hydrogen-bond acceptors (Lipinski definition) is 5. The van der Waals surface area contributed by atoms with E-state index in [1.165, 1.54) is 49.1 Å². The fourth-order valence-electron chi connectivity index (χ4n) is 6.02. The summed E-state index contributed by atoms with van der Waals surface area (Å²) in [5.74, 6) is 0.860. The molecular weight excluding hydrogens is 452 g/mol. The van der Waals surface area contributed by atoms with E-state index < -0.39 is 11.0 Å². The van der Waals surface area contributed by atoms with Gasteiger partial charge in [-0.3, -0.25) is 14.2 Å². The van der Waals surface area contributed by atoms with Crippen LogP contribution in [0, 0.1) is 17.3 Å². The molecule has 2 aliphatic rings. The fraction of sp³-hybridized carbons (Fsp3) is 0.621. The minimum absolute atomic E-state index is 0.00669. The van der Waals surface area contributed by atoms with E-state index in [4.69, 9.17) is 5.73 Å². The summed E-state index contributed by atoms with van der Waals surface area (Å²) in [5, 5.41) is 11.7. The molecule has 1 aliphatic carbocycles. The molecule has 1 saturated carbocycles. The lowest BCUT2D eigenvalue weighted by molar-refractivity contribution is -0.157. The smallest absolute Gasteiger partial charge is 0.253 e. The first-order valence-electron chi connectivity index (χ1n) is 13.5. The van der Waals surface area contributed by atoms with Gasteiger partial charge in [-0.15, -0.1) is 0 Å². The van der Waals surface area contributed by atoms with E-state index >= 15 is 0 Å². The third-order valence-electron chi connectivity index (χ3n) is 8.56. The van der Waals surface area contributed by atoms with Crippen molar-refractivity contribution in [2.24, 2.45) is 23.0 Å². The number of aliphatic hydroxyl groups is 1. The lowest BCUT2D eigenvalue weighted by Gasteiger charge is -2.50. The van der Waals surface area contributed by atoms with Crippen LogP contribution in [0.4, 0.5) is 0 Å². The Morgan fingerprint density at radius 3 is 2.64 bits per heavy atom. The summed E-state index contributed by atoms with van der Waals surface area (Å²) in [6, 6.07) is 9.20. The van der Waals surface area contributed by atoms with Gasteiger partial charge in [-0.2, -0.15) is 0 Å². The van der Waals surface area contributed by atoms with Crippen molar-refractivity contribution in [2.75, 3.05) is 13.1 Å². The summed E-state index contributed by atoms with van der Waals surface area (Å²) in [4.78, 5) is 32.7. The number of likely N-dealkylation sites (tertiary alicyclic amines) is 1. The quantitative estimate of drug-likeness (QED) is 0.607. The van der Waals surface area contributed by atoms with E-state index in [0.717, 1.165) is 17.5 Å². The number of nitrogens with zero attached hydrogens (tertiary/aromatic N) is 3. The van der Waals surface area contributed by atoms with Crippen LogP contribution in [-0.2, 0) is 17.9 Å². The molecule has 2 fully saturated rings. The second kappa shape index (κ2) is 10.9. The number of hydrogen-bond donors (Lipinski definition) is 2. The highest BCUT2D eigenvalue weighted by molar-refractivity contribution is 5.78. The van der Waals surface area contributed by atoms with E-state index in [1.54, 1.807) is 0 Å². The molecule has 7 nitrogen and oxygen atoms in total. The Morgan fingerprint density at radius 2 is 1.97 bits per heavy atom. The summed E-state index contributed by atoms with van der Waals surface area (Å²) in [5.41, 5.74) is 6.25. The van der Waals surface area contributed by atoms with Crippen molar-refractivity contribution in [3.63, 3.8) is 0 Å². The monoisotopic (exact) mass is 494 g/mol. The first-order valence-corrected chi connectivity index (χ1v) is 13.5. The van der Waals surface area contributed by atoms with Crippen molar-refractivity contribution in [3.05, 3.63) is 52.6 Å². The highest BCUT2D eigenvalue weighted by atomic mass is 16.3. The average molecular weight is 495 g/mol. The number of carbonyl (C=O) groups is 1. The number of piperidine rings is 1. The lowest BCUT2D eigenvalue weighted by Crippen LogP contribution is -2.61. The fourth-order valence-corrected chi connectivity index (χ4v) is 6.02. The number of rotatable bonds is 7. The maximum atomic E-state index is 13.3. The van der Waals surface area contributed by atoms with E-state index in [-0.39, 0.29) is 23.9 Å². The lowest BCUT2D eigenvalue weighted by atomic mass is 9.69. The average Bonchev–Trinajstić information content (AvgIpc) is 2.87. The van der Waals surface area contributed by atoms with Crippen LogP contribution in [-0.4, -0.2) is 44.2 Å². The van der Waals surface area contributed by atoms with Gasteiger partial charge in [-0.25, -0.2) is 4.98 Å². The van der Waals surface area contributed by atoms with Crippen LogP contribution in [0.15, 0.2) is 41.5 Å². The Hall–Kier alpha value is -2.51. The molecule has 1 amide bonds. The third-order valence-corrected chi connectivity index (χ3v) is 8.56. The van der Waals surface area contributed by atoms with Gasteiger partial charge in [0, 0.05) is 42.6 Å². The topological polar surface area (TPSA) is 101 Å². The Labute approximate surface area is 214 Å². The molecule has 2 atom stereocenters. The second-order valence-corrected chi connectivity index (χ2v) is 11.7. The zero-order valence-electron chi connectivity index (χ0n) is 22.1. The number of nitrogens with two attached hydrogens (primary N) is 1. The van der Waals surface area contributed by atoms with Gasteiger partial charge in [0.05, 0.1) is 24.2 Å². The van der Waals surface area contributed by atoms with Crippen LogP contribution in [0.25, 0.3) is 11.3 Å². The van der Waals surface area contributed by atoms with E-state index in [1.807, 2.05) is 43.0 Å². The third kappa shape index (κ3) is 5.73. The van der Waals surface area contributed by atoms with Crippen molar-refractivity contribution < 1.29 is 9.90 Å². The minimum atomic E-state index is -1.12. The number of amides is 1. The number of aromatic nitrogens is 2. The summed E-state index contributed by atoms with van der Waals surface area (Å²) >= 11 is 0. The summed E-state index contributed by atoms with van der Waals surface area (Å²) in [6.07, 6.45) is 9.27. The standard InChI is InChI=1S/C29H42N4O3/c1-21(14-22-8-5-4-6-9-22)27(35)32-13-12-29(36,28(2,3)18-32)19-33-20-31-25(16-26(33)34)24-11-7-10-23(15-24)17-30/h7,10-11,15-16,20-22,36H,4-6,8-9,12-14,17-19,30H2,1-3H3/t21-,29?/m1/s1. The first-order chi connectivity index (χ1) is 17.1. The summed E-state index contributed by atoms with van der Waals surface area (Å²) < 4.78 is 1.49. The molecule has 1 aromatic carbocycles. The number of benzene rings is 1. The maximum Gasteiger partial charge on any atom is 0.253 e. The molecule has 1 aromatic heterocycles. The molecule has 1 aliphatic heterocycles. The van der Waals surface area contributed by atoms with Gasteiger partial charge in [-0.05, 0) is 30.4 Å². The molecular formula is C29H42N4O3. The first kappa shape index (κ1) is 26.6. The van der Waals surface area contributed by atoms with Gasteiger partial charge in [0.2, 0.25) is 5.91 Å². The largest absolute Gasteiger partial charge is 0.387 e. The molecule has 36 heavy (non-hydrogen) atoms. The zero-order chi connectivity index (χ0) is 25.9. The Kier molecular flexibility index (Phi) is 8.00. The highest BCUT2D eigenvalue weighted by Gasteiger charge is 2.49. The zero-order valence-corrected chi connectivity index (χ0v) is 22.1. The van der Waals surface area contributed by atoms with Crippen molar-refractivity contribution >= 4 is 5.91 Å². The van der Waals surface area contributed by atoms with Gasteiger partial charge in [0.25, 0.3) is 5.56 Å². The highest BCUT2D eigenvalue weighted by Crippen LogP contribution is 2.40. The normalized spacial score (nSPS) is 23.4. The maximum absolute atomic E-state index is 13.3. The van der Waals surface area contributed by atoms with Gasteiger partial charge in [-0.1, -0.05) is 71.1 Å². The Morgan fingerprint density at radius 1 is 1.22 bits per heavy atom. The van der Waals surface area contributed by atoms with Crippen LogP contribution in [0.3, 0.4) is 0 Å². The molecule has 1 saturated heterocycles. The minimum Gasteiger partial charge on any atom is -0.387 e. The predicted octanol–water partition coefficient (Wildman–Crippen LogP) is 3.97. The van der Waals surface area contributed by atoms with E-state index in [0.29, 0.717) is 37.7 Å².